The molecule has 0 saturated carbocycles. The monoisotopic (exact) mass is 370 g/mol. The van der Waals surface area contributed by atoms with E-state index in [1.807, 2.05) is 4.72 Å². The van der Waals surface area contributed by atoms with Gasteiger partial charge in [-0.1, -0.05) is 19.1 Å². The molecule has 1 aromatic carbocycles. The van der Waals surface area contributed by atoms with Crippen LogP contribution in [0.4, 0.5) is 4.39 Å². The van der Waals surface area contributed by atoms with Crippen molar-refractivity contribution in [1.82, 2.24) is 9.62 Å². The molecule has 1 aliphatic rings. The Morgan fingerprint density at radius 2 is 2.04 bits per heavy atom. The molecular formula is C17H23FN2O4S. The second-order valence-corrected chi connectivity index (χ2v) is 7.99. The molecule has 6 nitrogen and oxygen atoms in total. The lowest BCUT2D eigenvalue weighted by Gasteiger charge is -2.34. The Morgan fingerprint density at radius 3 is 2.68 bits per heavy atom. The molecule has 0 aromatic heterocycles. The number of amides is 2. The summed E-state index contributed by atoms with van der Waals surface area (Å²) in [6, 6.07) is 3.45. The van der Waals surface area contributed by atoms with Crippen molar-refractivity contribution in [2.75, 3.05) is 6.54 Å². The maximum atomic E-state index is 13.9. The molecule has 1 fully saturated rings. The van der Waals surface area contributed by atoms with Crippen molar-refractivity contribution in [3.05, 3.63) is 35.1 Å². The molecule has 1 unspecified atom stereocenters. The first-order valence-corrected chi connectivity index (χ1v) is 9.97. The molecule has 138 valence electrons. The van der Waals surface area contributed by atoms with Gasteiger partial charge < -0.3 is 4.90 Å². The smallest absolute Gasteiger partial charge is 0.256 e. The fourth-order valence-electron chi connectivity index (χ4n) is 2.94. The number of hydrogen-bond donors (Lipinski definition) is 1. The Balaban J connectivity index is 2.10. The van der Waals surface area contributed by atoms with E-state index in [1.54, 1.807) is 19.9 Å². The van der Waals surface area contributed by atoms with Crippen LogP contribution in [-0.4, -0.2) is 37.7 Å². The van der Waals surface area contributed by atoms with Crippen LogP contribution in [0.25, 0.3) is 0 Å². The minimum Gasteiger partial charge on any atom is -0.331 e. The van der Waals surface area contributed by atoms with E-state index in [-0.39, 0.29) is 17.9 Å². The fourth-order valence-corrected chi connectivity index (χ4v) is 4.10. The third-order valence-corrected chi connectivity index (χ3v) is 5.44. The Labute approximate surface area is 147 Å². The van der Waals surface area contributed by atoms with E-state index in [9.17, 15) is 22.4 Å². The average Bonchev–Trinajstić information content (AvgIpc) is 2.56. The lowest BCUT2D eigenvalue weighted by molar-refractivity contribution is -0.141. The maximum absolute atomic E-state index is 13.9. The van der Waals surface area contributed by atoms with E-state index in [1.165, 1.54) is 17.0 Å². The number of rotatable bonds is 5. The molecule has 0 radical (unpaired) electrons. The summed E-state index contributed by atoms with van der Waals surface area (Å²) in [6.07, 6.45) is 2.21. The second kappa shape index (κ2) is 7.95. The van der Waals surface area contributed by atoms with Crippen LogP contribution in [-0.2, 0) is 25.4 Å². The van der Waals surface area contributed by atoms with E-state index >= 15 is 0 Å². The largest absolute Gasteiger partial charge is 0.331 e. The first-order valence-electron chi connectivity index (χ1n) is 8.32. The number of aryl methyl sites for hydroxylation is 1. The van der Waals surface area contributed by atoms with Crippen LogP contribution in [0.2, 0.25) is 0 Å². The molecule has 2 rings (SSSR count). The number of halogens is 1. The zero-order valence-electron chi connectivity index (χ0n) is 14.4. The van der Waals surface area contributed by atoms with Crippen LogP contribution >= 0.6 is 0 Å². The molecule has 1 atom stereocenters. The summed E-state index contributed by atoms with van der Waals surface area (Å²) in [6.45, 7) is 3.84. The Bertz CT molecular complexity index is 764. The van der Waals surface area contributed by atoms with E-state index in [4.69, 9.17) is 0 Å². The highest BCUT2D eigenvalue weighted by molar-refractivity contribution is 7.89. The maximum Gasteiger partial charge on any atom is 0.256 e. The summed E-state index contributed by atoms with van der Waals surface area (Å²) in [5.74, 6) is -2.16. The van der Waals surface area contributed by atoms with Crippen molar-refractivity contribution in [2.24, 2.45) is 0 Å². The van der Waals surface area contributed by atoms with Crippen LogP contribution in [0, 0.1) is 12.7 Å². The van der Waals surface area contributed by atoms with Gasteiger partial charge in [0, 0.05) is 18.5 Å². The molecule has 1 aromatic rings. The highest BCUT2D eigenvalue weighted by Crippen LogP contribution is 2.19. The molecule has 0 bridgehead atoms. The highest BCUT2D eigenvalue weighted by Gasteiger charge is 2.33. The van der Waals surface area contributed by atoms with Crippen molar-refractivity contribution in [3.63, 3.8) is 0 Å². The molecule has 1 aliphatic heterocycles. The van der Waals surface area contributed by atoms with E-state index in [2.05, 4.69) is 0 Å². The topological polar surface area (TPSA) is 83.6 Å². The first-order chi connectivity index (χ1) is 11.7. The average molecular weight is 370 g/mol. The third kappa shape index (κ3) is 5.01. The van der Waals surface area contributed by atoms with Crippen LogP contribution in [0.5, 0.6) is 0 Å². The van der Waals surface area contributed by atoms with Gasteiger partial charge in [-0.15, -0.1) is 0 Å². The number of benzene rings is 1. The Morgan fingerprint density at radius 1 is 1.32 bits per heavy atom. The number of carbonyl (C=O) groups excluding carboxylic acids is 2. The van der Waals surface area contributed by atoms with Crippen LogP contribution < -0.4 is 4.72 Å². The SMILES string of the molecule is CCC(=O)N1CCCCC1C(=O)NS(=O)(=O)Cc1ccc(C)cc1F. The van der Waals surface area contributed by atoms with E-state index in [0.717, 1.165) is 12.8 Å². The summed E-state index contributed by atoms with van der Waals surface area (Å²) in [5.41, 5.74) is 0.676. The molecule has 25 heavy (non-hydrogen) atoms. The summed E-state index contributed by atoms with van der Waals surface area (Å²) < 4.78 is 40.3. The molecule has 1 heterocycles. The number of hydrogen-bond acceptors (Lipinski definition) is 4. The lowest BCUT2D eigenvalue weighted by Crippen LogP contribution is -2.52. The van der Waals surface area contributed by atoms with E-state index in [0.29, 0.717) is 18.5 Å². The molecule has 8 heteroatoms. The van der Waals surface area contributed by atoms with E-state index < -0.39 is 33.5 Å². The summed E-state index contributed by atoms with van der Waals surface area (Å²) >= 11 is 0. The van der Waals surface area contributed by atoms with Gasteiger partial charge in [0.2, 0.25) is 15.9 Å². The van der Waals surface area contributed by atoms with Gasteiger partial charge >= 0.3 is 0 Å². The van der Waals surface area contributed by atoms with Crippen molar-refractivity contribution in [3.8, 4) is 0 Å². The summed E-state index contributed by atoms with van der Waals surface area (Å²) in [4.78, 5) is 25.8. The zero-order chi connectivity index (χ0) is 18.6. The van der Waals surface area contributed by atoms with Gasteiger partial charge in [-0.05, 0) is 37.8 Å². The summed E-state index contributed by atoms with van der Waals surface area (Å²) in [7, 11) is -4.05. The normalized spacial score (nSPS) is 18.0. The predicted octanol–water partition coefficient (Wildman–Crippen LogP) is 1.87. The van der Waals surface area contributed by atoms with Crippen molar-refractivity contribution in [1.29, 1.82) is 0 Å². The fraction of sp³-hybridized carbons (Fsp3) is 0.529. The molecular weight excluding hydrogens is 347 g/mol. The number of sulfonamides is 1. The summed E-state index contributed by atoms with van der Waals surface area (Å²) in [5, 5.41) is 0. The Hall–Kier alpha value is -1.96. The van der Waals surface area contributed by atoms with Gasteiger partial charge in [-0.2, -0.15) is 0 Å². The second-order valence-electron chi connectivity index (χ2n) is 6.27. The number of nitrogens with one attached hydrogen (secondary N) is 1. The lowest BCUT2D eigenvalue weighted by atomic mass is 10.0. The highest BCUT2D eigenvalue weighted by atomic mass is 32.2. The molecule has 1 N–H and O–H groups in total. The van der Waals surface area contributed by atoms with Gasteiger partial charge in [0.1, 0.15) is 11.9 Å². The van der Waals surface area contributed by atoms with Crippen LogP contribution in [0.3, 0.4) is 0 Å². The third-order valence-electron chi connectivity index (χ3n) is 4.24. The number of piperidine rings is 1. The first kappa shape index (κ1) is 19.4. The number of likely N-dealkylation sites (tertiary alicyclic amines) is 1. The van der Waals surface area contributed by atoms with Gasteiger partial charge in [-0.25, -0.2) is 12.8 Å². The predicted molar refractivity (Wildman–Crippen MR) is 91.5 cm³/mol. The standard InChI is InChI=1S/C17H23FN2O4S/c1-3-16(21)20-9-5-4-6-15(20)17(22)19-25(23,24)11-13-8-7-12(2)10-14(13)18/h7-8,10,15H,3-6,9,11H2,1-2H3,(H,19,22). The number of carbonyl (C=O) groups is 2. The zero-order valence-corrected chi connectivity index (χ0v) is 15.2. The number of nitrogens with zero attached hydrogens (tertiary/aromatic N) is 1. The van der Waals surface area contributed by atoms with Crippen LogP contribution in [0.15, 0.2) is 18.2 Å². The van der Waals surface area contributed by atoms with Crippen molar-refractivity contribution < 1.29 is 22.4 Å². The van der Waals surface area contributed by atoms with Crippen molar-refractivity contribution >= 4 is 21.8 Å². The minimum absolute atomic E-state index is 0.00367. The van der Waals surface area contributed by atoms with Gasteiger partial charge in [0.25, 0.3) is 5.91 Å². The van der Waals surface area contributed by atoms with Gasteiger partial charge in [0.15, 0.2) is 0 Å². The van der Waals surface area contributed by atoms with Gasteiger partial charge in [0.05, 0.1) is 5.75 Å². The minimum atomic E-state index is -4.05. The molecule has 0 aliphatic carbocycles. The quantitative estimate of drug-likeness (QED) is 0.858. The van der Waals surface area contributed by atoms with Crippen molar-refractivity contribution in [2.45, 2.75) is 51.3 Å². The molecule has 1 saturated heterocycles. The Kier molecular flexibility index (Phi) is 6.16. The molecule has 2 amide bonds. The molecule has 0 spiro atoms. The van der Waals surface area contributed by atoms with Gasteiger partial charge in [-0.3, -0.25) is 14.3 Å². The van der Waals surface area contributed by atoms with Crippen LogP contribution in [0.1, 0.15) is 43.7 Å².